The number of hydrogen-bond acceptors (Lipinski definition) is 5. The standard InChI is InChI=1S/C13H16N6O3/c1-4-18(6-5-14)9(20)7-19-8-15-11-10(19)12(21)17(3)13(22)16(11)2/h8H,4,6-7H2,1-3H3. The van der Waals surface area contributed by atoms with E-state index >= 15 is 0 Å². The number of fused-ring (bicyclic) bond motifs is 1. The molecular formula is C13H16N6O3. The smallest absolute Gasteiger partial charge is 0.328 e. The second-order valence-corrected chi connectivity index (χ2v) is 4.82. The van der Waals surface area contributed by atoms with E-state index in [2.05, 4.69) is 4.98 Å². The summed E-state index contributed by atoms with van der Waals surface area (Å²) in [7, 11) is 2.88. The van der Waals surface area contributed by atoms with Crippen LogP contribution in [-0.2, 0) is 25.4 Å². The van der Waals surface area contributed by atoms with Crippen molar-refractivity contribution in [2.75, 3.05) is 13.1 Å². The van der Waals surface area contributed by atoms with Gasteiger partial charge in [0.2, 0.25) is 5.91 Å². The molecule has 2 rings (SSSR count). The van der Waals surface area contributed by atoms with E-state index in [1.165, 1.54) is 34.5 Å². The highest BCUT2D eigenvalue weighted by Crippen LogP contribution is 2.06. The lowest BCUT2D eigenvalue weighted by Gasteiger charge is -2.17. The highest BCUT2D eigenvalue weighted by Gasteiger charge is 2.18. The first-order valence-corrected chi connectivity index (χ1v) is 6.67. The van der Waals surface area contributed by atoms with Gasteiger partial charge in [-0.25, -0.2) is 9.78 Å². The van der Waals surface area contributed by atoms with Crippen LogP contribution in [-0.4, -0.2) is 42.6 Å². The number of imidazole rings is 1. The van der Waals surface area contributed by atoms with Crippen LogP contribution in [0.3, 0.4) is 0 Å². The third-order valence-corrected chi connectivity index (χ3v) is 3.52. The highest BCUT2D eigenvalue weighted by atomic mass is 16.2. The van der Waals surface area contributed by atoms with Crippen molar-refractivity contribution in [3.05, 3.63) is 27.2 Å². The zero-order chi connectivity index (χ0) is 16.4. The summed E-state index contributed by atoms with van der Waals surface area (Å²) in [4.78, 5) is 41.7. The second-order valence-electron chi connectivity index (χ2n) is 4.82. The SMILES string of the molecule is CCN(CC#N)C(=O)Cn1cnc2c1c(=O)n(C)c(=O)n2C. The fourth-order valence-electron chi connectivity index (χ4n) is 2.22. The molecule has 0 N–H and O–H groups in total. The van der Waals surface area contributed by atoms with Gasteiger partial charge in [-0.15, -0.1) is 0 Å². The van der Waals surface area contributed by atoms with Crippen LogP contribution >= 0.6 is 0 Å². The topological polar surface area (TPSA) is 106 Å². The largest absolute Gasteiger partial charge is 0.332 e. The van der Waals surface area contributed by atoms with E-state index in [0.717, 1.165) is 4.57 Å². The minimum atomic E-state index is -0.508. The summed E-state index contributed by atoms with van der Waals surface area (Å²) in [6, 6.07) is 1.92. The number of amides is 1. The Morgan fingerprint density at radius 2 is 2.05 bits per heavy atom. The van der Waals surface area contributed by atoms with Crippen molar-refractivity contribution in [2.24, 2.45) is 14.1 Å². The minimum absolute atomic E-state index is 0.0154. The molecule has 0 aromatic carbocycles. The molecular weight excluding hydrogens is 288 g/mol. The molecule has 0 saturated heterocycles. The number of carbonyl (C=O) groups excluding carboxylic acids is 1. The first-order chi connectivity index (χ1) is 10.4. The van der Waals surface area contributed by atoms with Crippen molar-refractivity contribution in [1.82, 2.24) is 23.6 Å². The van der Waals surface area contributed by atoms with Crippen LogP contribution in [0.1, 0.15) is 6.92 Å². The highest BCUT2D eigenvalue weighted by molar-refractivity contribution is 5.79. The summed E-state index contributed by atoms with van der Waals surface area (Å²) >= 11 is 0. The van der Waals surface area contributed by atoms with Gasteiger partial charge >= 0.3 is 5.69 Å². The number of carbonyl (C=O) groups is 1. The number of nitrogens with zero attached hydrogens (tertiary/aromatic N) is 6. The van der Waals surface area contributed by atoms with E-state index < -0.39 is 11.2 Å². The fourth-order valence-corrected chi connectivity index (χ4v) is 2.22. The van der Waals surface area contributed by atoms with Crippen LogP contribution in [0, 0.1) is 11.3 Å². The van der Waals surface area contributed by atoms with Gasteiger partial charge in [0.25, 0.3) is 5.56 Å². The monoisotopic (exact) mass is 304 g/mol. The van der Waals surface area contributed by atoms with Crippen LogP contribution in [0.4, 0.5) is 0 Å². The Morgan fingerprint density at radius 3 is 2.64 bits per heavy atom. The Labute approximate surface area is 125 Å². The summed E-state index contributed by atoms with van der Waals surface area (Å²) in [5.41, 5.74) is -0.573. The summed E-state index contributed by atoms with van der Waals surface area (Å²) in [6.07, 6.45) is 1.35. The number of likely N-dealkylation sites (N-methyl/N-ethyl adjacent to an activating group) is 1. The van der Waals surface area contributed by atoms with Gasteiger partial charge in [0.05, 0.1) is 12.4 Å². The lowest BCUT2D eigenvalue weighted by Crippen LogP contribution is -2.38. The van der Waals surface area contributed by atoms with Crippen LogP contribution < -0.4 is 11.2 Å². The molecule has 0 fully saturated rings. The summed E-state index contributed by atoms with van der Waals surface area (Å²) in [6.45, 7) is 2.04. The maximum absolute atomic E-state index is 12.2. The van der Waals surface area contributed by atoms with Crippen molar-refractivity contribution in [3.8, 4) is 6.07 Å². The van der Waals surface area contributed by atoms with Crippen molar-refractivity contribution < 1.29 is 4.79 Å². The van der Waals surface area contributed by atoms with Gasteiger partial charge in [-0.3, -0.25) is 18.7 Å². The van der Waals surface area contributed by atoms with Crippen LogP contribution in [0.5, 0.6) is 0 Å². The maximum Gasteiger partial charge on any atom is 0.332 e. The zero-order valence-electron chi connectivity index (χ0n) is 12.6. The van der Waals surface area contributed by atoms with Crippen molar-refractivity contribution >= 4 is 17.1 Å². The van der Waals surface area contributed by atoms with E-state index in [9.17, 15) is 14.4 Å². The number of aryl methyl sites for hydroxylation is 1. The van der Waals surface area contributed by atoms with E-state index in [1.54, 1.807) is 6.92 Å². The molecule has 0 bridgehead atoms. The average molecular weight is 304 g/mol. The van der Waals surface area contributed by atoms with E-state index in [1.807, 2.05) is 6.07 Å². The number of rotatable bonds is 4. The third kappa shape index (κ3) is 2.39. The first kappa shape index (κ1) is 15.5. The second kappa shape index (κ2) is 5.85. The van der Waals surface area contributed by atoms with E-state index in [4.69, 9.17) is 5.26 Å². The maximum atomic E-state index is 12.2. The van der Waals surface area contributed by atoms with Crippen molar-refractivity contribution in [2.45, 2.75) is 13.5 Å². The molecule has 9 nitrogen and oxygen atoms in total. The molecule has 2 heterocycles. The van der Waals surface area contributed by atoms with E-state index in [-0.39, 0.29) is 30.2 Å². The summed E-state index contributed by atoms with van der Waals surface area (Å²) in [5, 5.41) is 8.71. The van der Waals surface area contributed by atoms with Gasteiger partial charge in [0, 0.05) is 20.6 Å². The Morgan fingerprint density at radius 1 is 1.36 bits per heavy atom. The van der Waals surface area contributed by atoms with Crippen molar-refractivity contribution in [3.63, 3.8) is 0 Å². The molecule has 2 aromatic rings. The lowest BCUT2D eigenvalue weighted by atomic mass is 10.4. The fraction of sp³-hybridized carbons (Fsp3) is 0.462. The molecule has 0 aliphatic rings. The normalized spacial score (nSPS) is 10.6. The third-order valence-electron chi connectivity index (χ3n) is 3.52. The molecule has 116 valence electrons. The van der Waals surface area contributed by atoms with Crippen LogP contribution in [0.25, 0.3) is 11.2 Å². The molecule has 2 aromatic heterocycles. The van der Waals surface area contributed by atoms with Gasteiger partial charge < -0.3 is 9.47 Å². The minimum Gasteiger partial charge on any atom is -0.328 e. The lowest BCUT2D eigenvalue weighted by molar-refractivity contribution is -0.130. The quantitative estimate of drug-likeness (QED) is 0.660. The Hall–Kier alpha value is -2.89. The molecule has 0 aliphatic carbocycles. The van der Waals surface area contributed by atoms with Gasteiger partial charge in [-0.1, -0.05) is 0 Å². The van der Waals surface area contributed by atoms with Gasteiger partial charge in [0.15, 0.2) is 11.2 Å². The van der Waals surface area contributed by atoms with Gasteiger partial charge in [0.1, 0.15) is 13.1 Å². The van der Waals surface area contributed by atoms with E-state index in [0.29, 0.717) is 6.54 Å². The predicted octanol–water partition coefficient (Wildman–Crippen LogP) is -1.19. The summed E-state index contributed by atoms with van der Waals surface area (Å²) in [5.74, 6) is -0.292. The molecule has 0 spiro atoms. The van der Waals surface area contributed by atoms with Crippen LogP contribution in [0.15, 0.2) is 15.9 Å². The predicted molar refractivity (Wildman–Crippen MR) is 78.1 cm³/mol. The average Bonchev–Trinajstić information content (AvgIpc) is 2.92. The Kier molecular flexibility index (Phi) is 4.12. The molecule has 0 atom stereocenters. The summed E-state index contributed by atoms with van der Waals surface area (Å²) < 4.78 is 3.63. The molecule has 9 heteroatoms. The molecule has 0 saturated carbocycles. The van der Waals surface area contributed by atoms with Crippen LogP contribution in [0.2, 0.25) is 0 Å². The number of aromatic nitrogens is 4. The molecule has 0 unspecified atom stereocenters. The Bertz CT molecular complexity index is 882. The van der Waals surface area contributed by atoms with Gasteiger partial charge in [-0.2, -0.15) is 5.26 Å². The molecule has 0 aliphatic heterocycles. The number of hydrogen-bond donors (Lipinski definition) is 0. The number of nitriles is 1. The first-order valence-electron chi connectivity index (χ1n) is 6.67. The van der Waals surface area contributed by atoms with Gasteiger partial charge in [-0.05, 0) is 6.92 Å². The Balaban J connectivity index is 2.51. The van der Waals surface area contributed by atoms with Crippen molar-refractivity contribution in [1.29, 1.82) is 5.26 Å². The molecule has 22 heavy (non-hydrogen) atoms. The molecule has 0 radical (unpaired) electrons. The zero-order valence-corrected chi connectivity index (χ0v) is 12.6. The molecule has 1 amide bonds.